The minimum absolute atomic E-state index is 0. The molecule has 2 N–H and O–H groups in total. The Morgan fingerprint density at radius 2 is 1.53 bits per heavy atom. The highest BCUT2D eigenvalue weighted by Crippen LogP contribution is 2.32. The van der Waals surface area contributed by atoms with Crippen molar-refractivity contribution in [2.75, 3.05) is 5.32 Å². The molecule has 0 fully saturated rings. The van der Waals surface area contributed by atoms with E-state index < -0.39 is 0 Å². The van der Waals surface area contributed by atoms with Crippen LogP contribution < -0.4 is 5.32 Å². The highest BCUT2D eigenvalue weighted by Gasteiger charge is 2.10. The van der Waals surface area contributed by atoms with Crippen LogP contribution in [0.15, 0.2) is 89.4 Å². The number of benzene rings is 3. The van der Waals surface area contributed by atoms with Gasteiger partial charge in [0.05, 0.1) is 39.9 Å². The molecule has 2 aromatic heterocycles. The molecule has 5 rings (SSSR count). The van der Waals surface area contributed by atoms with Gasteiger partial charge in [0.2, 0.25) is 0 Å². The maximum Gasteiger partial charge on any atom is 0.0932 e. The van der Waals surface area contributed by atoms with Crippen LogP contribution in [-0.2, 0) is 0 Å². The summed E-state index contributed by atoms with van der Waals surface area (Å²) in [7, 11) is 0. The molecule has 0 bridgehead atoms. The first-order chi connectivity index (χ1) is 14.3. The molecule has 0 spiro atoms. The Morgan fingerprint density at radius 1 is 0.833 bits per heavy atom. The molecule has 6 nitrogen and oxygen atoms in total. The monoisotopic (exact) mass is 414 g/mol. The van der Waals surface area contributed by atoms with Crippen molar-refractivity contribution < 1.29 is 0 Å². The molecule has 7 heteroatoms. The predicted octanol–water partition coefficient (Wildman–Crippen LogP) is 7.00. The highest BCUT2D eigenvalue weighted by atomic mass is 35.5. The van der Waals surface area contributed by atoms with Crippen LogP contribution in [0.25, 0.3) is 21.9 Å². The van der Waals surface area contributed by atoms with Gasteiger partial charge in [-0.2, -0.15) is 10.2 Å². The van der Waals surface area contributed by atoms with Crippen LogP contribution in [0.2, 0.25) is 0 Å². The maximum absolute atomic E-state index is 4.66. The smallest absolute Gasteiger partial charge is 0.0932 e. The SMILES string of the molecule is Cc1cc(Nc2ccc(/N=N/c3ccccc3)cc2)c2c(ccc3nc[nH]c32)n1.Cl. The molecule has 0 saturated heterocycles. The molecule has 0 amide bonds. The van der Waals surface area contributed by atoms with Gasteiger partial charge in [-0.15, -0.1) is 12.4 Å². The van der Waals surface area contributed by atoms with Crippen LogP contribution in [-0.4, -0.2) is 15.0 Å². The largest absolute Gasteiger partial charge is 0.355 e. The van der Waals surface area contributed by atoms with Crippen LogP contribution in [0.1, 0.15) is 5.69 Å². The number of hydrogen-bond acceptors (Lipinski definition) is 5. The molecule has 148 valence electrons. The number of fused-ring (bicyclic) bond motifs is 3. The lowest BCUT2D eigenvalue weighted by Crippen LogP contribution is -1.95. The Labute approximate surface area is 179 Å². The van der Waals surface area contributed by atoms with Gasteiger partial charge in [0.15, 0.2) is 0 Å². The van der Waals surface area contributed by atoms with Gasteiger partial charge in [-0.1, -0.05) is 18.2 Å². The highest BCUT2D eigenvalue weighted by molar-refractivity contribution is 6.10. The van der Waals surface area contributed by atoms with Crippen LogP contribution in [0.3, 0.4) is 0 Å². The summed E-state index contributed by atoms with van der Waals surface area (Å²) in [6, 6.07) is 23.6. The van der Waals surface area contributed by atoms with Gasteiger partial charge in [-0.25, -0.2) is 4.98 Å². The van der Waals surface area contributed by atoms with Gasteiger partial charge >= 0.3 is 0 Å². The lowest BCUT2D eigenvalue weighted by Gasteiger charge is -2.11. The van der Waals surface area contributed by atoms with Gasteiger partial charge in [-0.05, 0) is 61.5 Å². The Morgan fingerprint density at radius 3 is 2.30 bits per heavy atom. The zero-order valence-electron chi connectivity index (χ0n) is 16.2. The number of nitrogens with one attached hydrogen (secondary N) is 2. The van der Waals surface area contributed by atoms with Crippen LogP contribution >= 0.6 is 12.4 Å². The number of nitrogens with zero attached hydrogens (tertiary/aromatic N) is 4. The number of aryl methyl sites for hydroxylation is 1. The summed E-state index contributed by atoms with van der Waals surface area (Å²) in [5.41, 5.74) is 7.36. The normalized spacial score (nSPS) is 11.1. The molecule has 0 aliphatic rings. The summed E-state index contributed by atoms with van der Waals surface area (Å²) >= 11 is 0. The Kier molecular flexibility index (Phi) is 5.41. The van der Waals surface area contributed by atoms with Gasteiger partial charge in [0.1, 0.15) is 0 Å². The first-order valence-corrected chi connectivity index (χ1v) is 9.33. The minimum Gasteiger partial charge on any atom is -0.355 e. The van der Waals surface area contributed by atoms with E-state index in [2.05, 4.69) is 30.5 Å². The first-order valence-electron chi connectivity index (χ1n) is 9.33. The van der Waals surface area contributed by atoms with E-state index in [1.165, 1.54) is 0 Å². The van der Waals surface area contributed by atoms with Gasteiger partial charge in [0.25, 0.3) is 0 Å². The number of anilines is 2. The summed E-state index contributed by atoms with van der Waals surface area (Å²) in [5.74, 6) is 0. The summed E-state index contributed by atoms with van der Waals surface area (Å²) in [6.07, 6.45) is 1.71. The maximum atomic E-state index is 4.66. The fourth-order valence-corrected chi connectivity index (χ4v) is 3.35. The number of aromatic amines is 1. The number of rotatable bonds is 4. The molecular formula is C23H19ClN6. The Hall–Kier alpha value is -3.77. The van der Waals surface area contributed by atoms with Crippen LogP contribution in [0.4, 0.5) is 22.7 Å². The van der Waals surface area contributed by atoms with Crippen molar-refractivity contribution in [3.8, 4) is 0 Å². The van der Waals surface area contributed by atoms with E-state index in [0.29, 0.717) is 0 Å². The van der Waals surface area contributed by atoms with E-state index in [1.807, 2.05) is 79.7 Å². The summed E-state index contributed by atoms with van der Waals surface area (Å²) < 4.78 is 0. The second kappa shape index (κ2) is 8.31. The van der Waals surface area contributed by atoms with Crippen LogP contribution in [0, 0.1) is 6.92 Å². The van der Waals surface area contributed by atoms with Crippen molar-refractivity contribution in [2.24, 2.45) is 10.2 Å². The third-order valence-electron chi connectivity index (χ3n) is 4.68. The third kappa shape index (κ3) is 3.86. The van der Waals surface area contributed by atoms with E-state index >= 15 is 0 Å². The van der Waals surface area contributed by atoms with Gasteiger partial charge in [-0.3, -0.25) is 4.98 Å². The van der Waals surface area contributed by atoms with Crippen molar-refractivity contribution in [3.63, 3.8) is 0 Å². The zero-order valence-corrected chi connectivity index (χ0v) is 17.0. The molecule has 0 radical (unpaired) electrons. The molecule has 0 aliphatic carbocycles. The quantitative estimate of drug-likeness (QED) is 0.311. The molecule has 5 aromatic rings. The van der Waals surface area contributed by atoms with Crippen LogP contribution in [0.5, 0.6) is 0 Å². The summed E-state index contributed by atoms with van der Waals surface area (Å²) in [4.78, 5) is 12.3. The molecular weight excluding hydrogens is 396 g/mol. The molecule has 0 aliphatic heterocycles. The Balaban J connectivity index is 0.00000218. The second-order valence-corrected chi connectivity index (χ2v) is 6.77. The molecule has 2 heterocycles. The average Bonchev–Trinajstić information content (AvgIpc) is 3.22. The van der Waals surface area contributed by atoms with E-state index in [-0.39, 0.29) is 12.4 Å². The number of pyridine rings is 1. The minimum atomic E-state index is 0. The number of hydrogen-bond donors (Lipinski definition) is 2. The number of aromatic nitrogens is 3. The molecule has 30 heavy (non-hydrogen) atoms. The lowest BCUT2D eigenvalue weighted by atomic mass is 10.1. The summed E-state index contributed by atoms with van der Waals surface area (Å²) in [5, 5.41) is 13.1. The molecule has 0 atom stereocenters. The topological polar surface area (TPSA) is 78.3 Å². The van der Waals surface area contributed by atoms with E-state index in [9.17, 15) is 0 Å². The summed E-state index contributed by atoms with van der Waals surface area (Å²) in [6.45, 7) is 1.99. The zero-order chi connectivity index (χ0) is 19.6. The molecule has 0 unspecified atom stereocenters. The van der Waals surface area contributed by atoms with Crippen molar-refractivity contribution in [1.29, 1.82) is 0 Å². The number of imidazole rings is 1. The lowest BCUT2D eigenvalue weighted by molar-refractivity contribution is 1.23. The molecule has 3 aromatic carbocycles. The van der Waals surface area contributed by atoms with Crippen molar-refractivity contribution >= 4 is 57.1 Å². The fraction of sp³-hybridized carbons (Fsp3) is 0.0435. The number of H-pyrrole nitrogens is 1. The van der Waals surface area contributed by atoms with E-state index in [4.69, 9.17) is 0 Å². The third-order valence-corrected chi connectivity index (χ3v) is 4.68. The first kappa shape index (κ1) is 19.5. The number of azo groups is 1. The standard InChI is InChI=1S/C23H18N6.ClH/c1-15-13-21(22-19(26-15)11-12-20-23(22)25-14-24-20)27-16-7-9-18(10-8-16)29-28-17-5-3-2-4-6-17;/h2-14H,1H3,(H,24,25)(H,26,27);1H/b29-28+;. The predicted molar refractivity (Wildman–Crippen MR) is 124 cm³/mol. The van der Waals surface area contributed by atoms with Crippen molar-refractivity contribution in [3.05, 3.63) is 84.8 Å². The number of halogens is 1. The van der Waals surface area contributed by atoms with Crippen molar-refractivity contribution in [1.82, 2.24) is 15.0 Å². The molecule has 0 saturated carbocycles. The second-order valence-electron chi connectivity index (χ2n) is 6.77. The van der Waals surface area contributed by atoms with Crippen molar-refractivity contribution in [2.45, 2.75) is 6.92 Å². The van der Waals surface area contributed by atoms with E-state index in [0.717, 1.165) is 50.4 Å². The van der Waals surface area contributed by atoms with Gasteiger partial charge < -0.3 is 10.3 Å². The fourth-order valence-electron chi connectivity index (χ4n) is 3.35. The Bertz CT molecular complexity index is 1330. The van der Waals surface area contributed by atoms with Gasteiger partial charge in [0, 0.05) is 16.8 Å². The average molecular weight is 415 g/mol. The van der Waals surface area contributed by atoms with E-state index in [1.54, 1.807) is 6.33 Å².